The van der Waals surface area contributed by atoms with Gasteiger partial charge in [0.15, 0.2) is 0 Å². The predicted octanol–water partition coefficient (Wildman–Crippen LogP) is 1.45. The summed E-state index contributed by atoms with van der Waals surface area (Å²) >= 11 is 3.37. The molecule has 1 heterocycles. The molecular formula is C11H12BrN3O. The molecule has 5 heteroatoms. The molecule has 0 atom stereocenters. The minimum absolute atomic E-state index is 0.0505. The molecule has 0 fully saturated rings. The first-order valence-electron chi connectivity index (χ1n) is 4.92. The van der Waals surface area contributed by atoms with Crippen LogP contribution in [0, 0.1) is 0 Å². The van der Waals surface area contributed by atoms with E-state index in [-0.39, 0.29) is 12.1 Å². The number of hydrogen-bond acceptors (Lipinski definition) is 2. The minimum atomic E-state index is -0.0505. The van der Waals surface area contributed by atoms with E-state index in [4.69, 9.17) is 5.73 Å². The normalized spacial score (nSPS) is 10.6. The SMILES string of the molecule is NCc1c[nH]n(Cc2ccc(Br)cc2)c1=O. The molecule has 0 spiro atoms. The van der Waals surface area contributed by atoms with Crippen LogP contribution >= 0.6 is 15.9 Å². The van der Waals surface area contributed by atoms with Crippen molar-refractivity contribution in [2.75, 3.05) is 0 Å². The molecule has 0 aliphatic heterocycles. The third kappa shape index (κ3) is 2.25. The monoisotopic (exact) mass is 281 g/mol. The summed E-state index contributed by atoms with van der Waals surface area (Å²) in [5, 5.41) is 2.90. The molecule has 3 N–H and O–H groups in total. The van der Waals surface area contributed by atoms with E-state index in [1.807, 2.05) is 24.3 Å². The molecule has 0 bridgehead atoms. The van der Waals surface area contributed by atoms with Crippen molar-refractivity contribution in [3.63, 3.8) is 0 Å². The lowest BCUT2D eigenvalue weighted by Crippen LogP contribution is -2.21. The second-order valence-corrected chi connectivity index (χ2v) is 4.44. The van der Waals surface area contributed by atoms with Gasteiger partial charge in [-0.05, 0) is 17.7 Å². The smallest absolute Gasteiger partial charge is 0.271 e. The average molecular weight is 282 g/mol. The van der Waals surface area contributed by atoms with Crippen LogP contribution in [-0.4, -0.2) is 9.78 Å². The number of nitrogens with zero attached hydrogens (tertiary/aromatic N) is 1. The molecule has 0 amide bonds. The zero-order valence-corrected chi connectivity index (χ0v) is 10.2. The molecule has 2 rings (SSSR count). The molecule has 0 aliphatic carbocycles. The van der Waals surface area contributed by atoms with Crippen LogP contribution in [0.1, 0.15) is 11.1 Å². The summed E-state index contributed by atoms with van der Waals surface area (Å²) in [6.07, 6.45) is 1.65. The van der Waals surface area contributed by atoms with Crippen molar-refractivity contribution < 1.29 is 0 Å². The molecule has 16 heavy (non-hydrogen) atoms. The Hall–Kier alpha value is -1.33. The van der Waals surface area contributed by atoms with Gasteiger partial charge in [0, 0.05) is 22.8 Å². The third-order valence-electron chi connectivity index (χ3n) is 2.39. The van der Waals surface area contributed by atoms with E-state index in [9.17, 15) is 4.79 Å². The Morgan fingerprint density at radius 2 is 2.00 bits per heavy atom. The Morgan fingerprint density at radius 1 is 1.31 bits per heavy atom. The van der Waals surface area contributed by atoms with Crippen LogP contribution in [-0.2, 0) is 13.1 Å². The Kier molecular flexibility index (Phi) is 3.26. The van der Waals surface area contributed by atoms with Crippen LogP contribution < -0.4 is 11.3 Å². The minimum Gasteiger partial charge on any atom is -0.326 e. The van der Waals surface area contributed by atoms with Gasteiger partial charge in [-0.1, -0.05) is 28.1 Å². The quantitative estimate of drug-likeness (QED) is 0.894. The van der Waals surface area contributed by atoms with Gasteiger partial charge in [0.05, 0.1) is 6.54 Å². The zero-order valence-electron chi connectivity index (χ0n) is 8.61. The molecular weight excluding hydrogens is 270 g/mol. The largest absolute Gasteiger partial charge is 0.326 e. The van der Waals surface area contributed by atoms with Gasteiger partial charge in [0.1, 0.15) is 0 Å². The second-order valence-electron chi connectivity index (χ2n) is 3.52. The van der Waals surface area contributed by atoms with Crippen LogP contribution in [0.5, 0.6) is 0 Å². The third-order valence-corrected chi connectivity index (χ3v) is 2.92. The van der Waals surface area contributed by atoms with Gasteiger partial charge in [-0.2, -0.15) is 0 Å². The lowest BCUT2D eigenvalue weighted by molar-refractivity contribution is 0.662. The fraction of sp³-hybridized carbons (Fsp3) is 0.182. The van der Waals surface area contributed by atoms with E-state index in [0.29, 0.717) is 12.1 Å². The number of hydrogen-bond donors (Lipinski definition) is 2. The summed E-state index contributed by atoms with van der Waals surface area (Å²) in [4.78, 5) is 11.7. The summed E-state index contributed by atoms with van der Waals surface area (Å²) in [5.41, 5.74) is 7.06. The lowest BCUT2D eigenvalue weighted by Gasteiger charge is -2.01. The van der Waals surface area contributed by atoms with Crippen LogP contribution in [0.15, 0.2) is 39.7 Å². The van der Waals surface area contributed by atoms with Gasteiger partial charge in [-0.25, -0.2) is 4.68 Å². The molecule has 84 valence electrons. The van der Waals surface area contributed by atoms with Crippen LogP contribution in [0.4, 0.5) is 0 Å². The number of aromatic amines is 1. The number of aromatic nitrogens is 2. The average Bonchev–Trinajstić information content (AvgIpc) is 2.63. The number of nitrogens with two attached hydrogens (primary N) is 1. The Bertz CT molecular complexity index is 527. The molecule has 0 aliphatic rings. The number of benzene rings is 1. The van der Waals surface area contributed by atoms with E-state index < -0.39 is 0 Å². The first kappa shape index (κ1) is 11.2. The molecule has 1 aromatic carbocycles. The topological polar surface area (TPSA) is 63.8 Å². The maximum absolute atomic E-state index is 11.7. The fourth-order valence-electron chi connectivity index (χ4n) is 1.49. The van der Waals surface area contributed by atoms with E-state index in [1.54, 1.807) is 10.9 Å². The summed E-state index contributed by atoms with van der Waals surface area (Å²) in [7, 11) is 0. The van der Waals surface area contributed by atoms with Gasteiger partial charge >= 0.3 is 0 Å². The van der Waals surface area contributed by atoms with E-state index in [2.05, 4.69) is 21.0 Å². The van der Waals surface area contributed by atoms with Crippen molar-refractivity contribution in [1.29, 1.82) is 0 Å². The lowest BCUT2D eigenvalue weighted by atomic mass is 10.2. The summed E-state index contributed by atoms with van der Waals surface area (Å²) in [5.74, 6) is 0. The van der Waals surface area contributed by atoms with E-state index in [1.165, 1.54) is 0 Å². The predicted molar refractivity (Wildman–Crippen MR) is 66.2 cm³/mol. The molecule has 0 saturated carbocycles. The summed E-state index contributed by atoms with van der Waals surface area (Å²) < 4.78 is 2.57. The van der Waals surface area contributed by atoms with Crippen molar-refractivity contribution in [2.24, 2.45) is 5.73 Å². The highest BCUT2D eigenvalue weighted by Gasteiger charge is 2.04. The maximum Gasteiger partial charge on any atom is 0.271 e. The molecule has 1 aromatic heterocycles. The highest BCUT2D eigenvalue weighted by Crippen LogP contribution is 2.10. The Balaban J connectivity index is 2.24. The van der Waals surface area contributed by atoms with Gasteiger partial charge < -0.3 is 10.8 Å². The van der Waals surface area contributed by atoms with Gasteiger partial charge in [0.25, 0.3) is 5.56 Å². The van der Waals surface area contributed by atoms with Gasteiger partial charge in [0.2, 0.25) is 0 Å². The first-order chi connectivity index (χ1) is 7.70. The van der Waals surface area contributed by atoms with Crippen molar-refractivity contribution in [2.45, 2.75) is 13.1 Å². The number of halogens is 1. The second kappa shape index (κ2) is 4.67. The van der Waals surface area contributed by atoms with Crippen LogP contribution in [0.3, 0.4) is 0 Å². The van der Waals surface area contributed by atoms with Crippen molar-refractivity contribution in [3.05, 3.63) is 56.4 Å². The maximum atomic E-state index is 11.7. The molecule has 0 radical (unpaired) electrons. The van der Waals surface area contributed by atoms with Crippen molar-refractivity contribution in [3.8, 4) is 0 Å². The van der Waals surface area contributed by atoms with Crippen LogP contribution in [0.25, 0.3) is 0 Å². The van der Waals surface area contributed by atoms with Crippen LogP contribution in [0.2, 0.25) is 0 Å². The first-order valence-corrected chi connectivity index (χ1v) is 5.71. The summed E-state index contributed by atoms with van der Waals surface area (Å²) in [6, 6.07) is 7.85. The van der Waals surface area contributed by atoms with E-state index >= 15 is 0 Å². The van der Waals surface area contributed by atoms with E-state index in [0.717, 1.165) is 10.0 Å². The summed E-state index contributed by atoms with van der Waals surface area (Å²) in [6.45, 7) is 0.800. The number of H-pyrrole nitrogens is 1. The fourth-order valence-corrected chi connectivity index (χ4v) is 1.75. The molecule has 0 unspecified atom stereocenters. The number of rotatable bonds is 3. The van der Waals surface area contributed by atoms with Gasteiger partial charge in [-0.3, -0.25) is 4.79 Å². The zero-order chi connectivity index (χ0) is 11.5. The van der Waals surface area contributed by atoms with Crippen molar-refractivity contribution in [1.82, 2.24) is 9.78 Å². The Labute approximate surface area is 101 Å². The highest BCUT2D eigenvalue weighted by atomic mass is 79.9. The molecule has 4 nitrogen and oxygen atoms in total. The Morgan fingerprint density at radius 3 is 2.56 bits per heavy atom. The highest BCUT2D eigenvalue weighted by molar-refractivity contribution is 9.10. The molecule has 2 aromatic rings. The van der Waals surface area contributed by atoms with Gasteiger partial charge in [-0.15, -0.1) is 0 Å². The molecule has 0 saturated heterocycles. The number of nitrogens with one attached hydrogen (secondary N) is 1. The van der Waals surface area contributed by atoms with Crippen molar-refractivity contribution >= 4 is 15.9 Å². The standard InChI is InChI=1S/C11H12BrN3O/c12-10-3-1-8(2-4-10)7-15-11(16)9(5-13)6-14-15/h1-4,6,14H,5,7,13H2.